The van der Waals surface area contributed by atoms with Crippen LogP contribution >= 0.6 is 23.2 Å². The summed E-state index contributed by atoms with van der Waals surface area (Å²) >= 11 is 11.6. The van der Waals surface area contributed by atoms with E-state index >= 15 is 0 Å². The van der Waals surface area contributed by atoms with Crippen molar-refractivity contribution in [2.45, 2.75) is 25.8 Å². The standard InChI is InChI=1S/C12H12Cl2N2O2/c1-3-5-8(4-2)15-11-6-9(13)10(14)7-12(11)16(17)18/h2,6-8,15H,3,5H2,1H3. The predicted octanol–water partition coefficient (Wildman–Crippen LogP) is 4.12. The van der Waals surface area contributed by atoms with Crippen molar-refractivity contribution >= 4 is 34.6 Å². The number of nitrogens with one attached hydrogen (secondary N) is 1. The van der Waals surface area contributed by atoms with Gasteiger partial charge in [-0.2, -0.15) is 0 Å². The molecule has 6 heteroatoms. The summed E-state index contributed by atoms with van der Waals surface area (Å²) in [5.74, 6) is 2.54. The van der Waals surface area contributed by atoms with Crippen molar-refractivity contribution in [2.24, 2.45) is 0 Å². The normalized spacial score (nSPS) is 11.7. The lowest BCUT2D eigenvalue weighted by Crippen LogP contribution is -2.17. The van der Waals surface area contributed by atoms with E-state index in [0.717, 1.165) is 6.42 Å². The molecule has 0 aromatic heterocycles. The maximum Gasteiger partial charge on any atom is 0.293 e. The summed E-state index contributed by atoms with van der Waals surface area (Å²) in [5, 5.41) is 14.2. The lowest BCUT2D eigenvalue weighted by molar-refractivity contribution is -0.384. The third-order valence-corrected chi connectivity index (χ3v) is 3.07. The Morgan fingerprint density at radius 1 is 1.50 bits per heavy atom. The molecular weight excluding hydrogens is 275 g/mol. The van der Waals surface area contributed by atoms with Gasteiger partial charge in [0.2, 0.25) is 0 Å². The molecule has 0 saturated carbocycles. The van der Waals surface area contributed by atoms with Gasteiger partial charge >= 0.3 is 0 Å². The van der Waals surface area contributed by atoms with Crippen LogP contribution in [0.15, 0.2) is 12.1 Å². The number of nitro groups is 1. The van der Waals surface area contributed by atoms with Crippen LogP contribution < -0.4 is 5.32 Å². The lowest BCUT2D eigenvalue weighted by atomic mass is 10.1. The van der Waals surface area contributed by atoms with E-state index < -0.39 is 4.92 Å². The minimum atomic E-state index is -0.524. The maximum atomic E-state index is 10.9. The molecule has 1 aromatic rings. The molecule has 18 heavy (non-hydrogen) atoms. The van der Waals surface area contributed by atoms with Gasteiger partial charge in [0.05, 0.1) is 21.0 Å². The molecule has 1 atom stereocenters. The Morgan fingerprint density at radius 2 is 2.11 bits per heavy atom. The maximum absolute atomic E-state index is 10.9. The van der Waals surface area contributed by atoms with Crippen LogP contribution in [0.25, 0.3) is 0 Å². The summed E-state index contributed by atoms with van der Waals surface area (Å²) in [4.78, 5) is 10.4. The molecule has 1 unspecified atom stereocenters. The molecule has 0 saturated heterocycles. The van der Waals surface area contributed by atoms with Gasteiger partial charge < -0.3 is 5.32 Å². The van der Waals surface area contributed by atoms with Crippen LogP contribution in [0.1, 0.15) is 19.8 Å². The largest absolute Gasteiger partial charge is 0.366 e. The SMILES string of the molecule is C#CC(CCC)Nc1cc(Cl)c(Cl)cc1[N+](=O)[O-]. The van der Waals surface area contributed by atoms with Crippen molar-refractivity contribution in [1.29, 1.82) is 0 Å². The molecule has 0 heterocycles. The Bertz CT molecular complexity index is 498. The van der Waals surface area contributed by atoms with Gasteiger partial charge in [0.15, 0.2) is 0 Å². The highest BCUT2D eigenvalue weighted by molar-refractivity contribution is 6.42. The smallest absolute Gasteiger partial charge is 0.293 e. The molecule has 0 radical (unpaired) electrons. The Hall–Kier alpha value is -1.44. The van der Waals surface area contributed by atoms with E-state index in [1.807, 2.05) is 6.92 Å². The minimum Gasteiger partial charge on any atom is -0.366 e. The van der Waals surface area contributed by atoms with Gasteiger partial charge in [0, 0.05) is 6.07 Å². The Kier molecular flexibility index (Phi) is 5.26. The summed E-state index contributed by atoms with van der Waals surface area (Å²) in [6.07, 6.45) is 6.95. The van der Waals surface area contributed by atoms with E-state index in [0.29, 0.717) is 6.42 Å². The number of terminal acetylenes is 1. The first-order valence-corrected chi connectivity index (χ1v) is 6.11. The van der Waals surface area contributed by atoms with Gasteiger partial charge in [-0.05, 0) is 12.5 Å². The zero-order valence-corrected chi connectivity index (χ0v) is 11.3. The zero-order chi connectivity index (χ0) is 13.7. The van der Waals surface area contributed by atoms with Crippen LogP contribution in [-0.2, 0) is 0 Å². The fraction of sp³-hybridized carbons (Fsp3) is 0.333. The van der Waals surface area contributed by atoms with E-state index in [1.54, 1.807) is 0 Å². The van der Waals surface area contributed by atoms with E-state index in [-0.39, 0.29) is 27.5 Å². The second-order valence-electron chi connectivity index (χ2n) is 3.69. The summed E-state index contributed by atoms with van der Waals surface area (Å²) in [7, 11) is 0. The first kappa shape index (κ1) is 14.6. The highest BCUT2D eigenvalue weighted by atomic mass is 35.5. The predicted molar refractivity (Wildman–Crippen MR) is 74.3 cm³/mol. The van der Waals surface area contributed by atoms with Gasteiger partial charge in [0.1, 0.15) is 5.69 Å². The number of nitro benzene ring substituents is 1. The first-order chi connectivity index (χ1) is 8.49. The van der Waals surface area contributed by atoms with Crippen LogP contribution in [0.4, 0.5) is 11.4 Å². The molecule has 1 aromatic carbocycles. The van der Waals surface area contributed by atoms with Crippen LogP contribution in [-0.4, -0.2) is 11.0 Å². The van der Waals surface area contributed by atoms with E-state index in [4.69, 9.17) is 29.6 Å². The fourth-order valence-corrected chi connectivity index (χ4v) is 1.80. The highest BCUT2D eigenvalue weighted by Crippen LogP contribution is 2.34. The molecule has 1 rings (SSSR count). The van der Waals surface area contributed by atoms with Gasteiger partial charge in [-0.15, -0.1) is 6.42 Å². The first-order valence-electron chi connectivity index (χ1n) is 5.35. The quantitative estimate of drug-likeness (QED) is 0.503. The number of rotatable bonds is 5. The topological polar surface area (TPSA) is 55.2 Å². The Labute approximate surface area is 115 Å². The molecule has 0 fully saturated rings. The molecule has 4 nitrogen and oxygen atoms in total. The van der Waals surface area contributed by atoms with Crippen LogP contribution in [0.3, 0.4) is 0 Å². The second kappa shape index (κ2) is 6.48. The van der Waals surface area contributed by atoms with E-state index in [9.17, 15) is 10.1 Å². The monoisotopic (exact) mass is 286 g/mol. The molecule has 96 valence electrons. The summed E-state index contributed by atoms with van der Waals surface area (Å²) in [5.41, 5.74) is 0.145. The number of nitrogens with zero attached hydrogens (tertiary/aromatic N) is 1. The van der Waals surface area contributed by atoms with E-state index in [2.05, 4.69) is 11.2 Å². The molecule has 0 bridgehead atoms. The average Bonchev–Trinajstić information content (AvgIpc) is 2.32. The third kappa shape index (κ3) is 3.52. The van der Waals surface area contributed by atoms with Crippen molar-refractivity contribution in [3.05, 3.63) is 32.3 Å². The molecule has 0 aliphatic carbocycles. The number of benzene rings is 1. The van der Waals surface area contributed by atoms with Crippen molar-refractivity contribution in [3.8, 4) is 12.3 Å². The van der Waals surface area contributed by atoms with Crippen molar-refractivity contribution in [1.82, 2.24) is 0 Å². The van der Waals surface area contributed by atoms with E-state index in [1.165, 1.54) is 12.1 Å². The summed E-state index contributed by atoms with van der Waals surface area (Å²) in [6, 6.07) is 2.36. The lowest BCUT2D eigenvalue weighted by Gasteiger charge is -2.14. The summed E-state index contributed by atoms with van der Waals surface area (Å²) in [6.45, 7) is 1.98. The molecule has 0 aliphatic rings. The second-order valence-corrected chi connectivity index (χ2v) is 4.51. The highest BCUT2D eigenvalue weighted by Gasteiger charge is 2.18. The molecule has 0 amide bonds. The number of halogens is 2. The van der Waals surface area contributed by atoms with Crippen LogP contribution in [0.5, 0.6) is 0 Å². The molecule has 0 spiro atoms. The minimum absolute atomic E-state index is 0.138. The number of anilines is 1. The van der Waals surface area contributed by atoms with Crippen molar-refractivity contribution < 1.29 is 4.92 Å². The number of hydrogen-bond donors (Lipinski definition) is 1. The van der Waals surface area contributed by atoms with Gasteiger partial charge in [0.25, 0.3) is 5.69 Å². The Balaban J connectivity index is 3.11. The molecule has 0 aliphatic heterocycles. The van der Waals surface area contributed by atoms with Crippen molar-refractivity contribution in [3.63, 3.8) is 0 Å². The van der Waals surface area contributed by atoms with Crippen LogP contribution in [0, 0.1) is 22.5 Å². The average molecular weight is 287 g/mol. The van der Waals surface area contributed by atoms with Crippen LogP contribution in [0.2, 0.25) is 10.0 Å². The zero-order valence-electron chi connectivity index (χ0n) is 9.74. The number of hydrogen-bond acceptors (Lipinski definition) is 3. The fourth-order valence-electron chi connectivity index (χ4n) is 1.48. The Morgan fingerprint density at radius 3 is 2.61 bits per heavy atom. The van der Waals surface area contributed by atoms with Gasteiger partial charge in [-0.3, -0.25) is 10.1 Å². The van der Waals surface area contributed by atoms with Gasteiger partial charge in [-0.25, -0.2) is 0 Å². The van der Waals surface area contributed by atoms with Gasteiger partial charge in [-0.1, -0.05) is 42.5 Å². The third-order valence-electron chi connectivity index (χ3n) is 2.34. The summed E-state index contributed by atoms with van der Waals surface area (Å²) < 4.78 is 0. The molecule has 1 N–H and O–H groups in total. The molecular formula is C12H12Cl2N2O2. The van der Waals surface area contributed by atoms with Crippen molar-refractivity contribution in [2.75, 3.05) is 5.32 Å².